The van der Waals surface area contributed by atoms with Gasteiger partial charge in [-0.3, -0.25) is 0 Å². The Bertz CT molecular complexity index is 265. The third kappa shape index (κ3) is 4.08. The maximum absolute atomic E-state index is 5.41. The van der Waals surface area contributed by atoms with Gasteiger partial charge in [-0.15, -0.1) is 0 Å². The van der Waals surface area contributed by atoms with Gasteiger partial charge in [0, 0.05) is 0 Å². The summed E-state index contributed by atoms with van der Waals surface area (Å²) in [5, 5.41) is 0. The van der Waals surface area contributed by atoms with Crippen LogP contribution in [0.25, 0.3) is 0 Å². The zero-order valence-electron chi connectivity index (χ0n) is 6.65. The minimum atomic E-state index is -0.992. The molecule has 0 aliphatic heterocycles. The molecule has 3 heteroatoms. The molecule has 0 nitrogen and oxygen atoms in total. The molecule has 1 aromatic carbocycles. The van der Waals surface area contributed by atoms with Gasteiger partial charge < -0.3 is 0 Å². The third-order valence-corrected chi connectivity index (χ3v) is 7.55. The van der Waals surface area contributed by atoms with Crippen molar-refractivity contribution in [2.45, 2.75) is 0 Å². The fourth-order valence-corrected chi connectivity index (χ4v) is 7.00. The van der Waals surface area contributed by atoms with Crippen molar-refractivity contribution in [3.63, 3.8) is 0 Å². The topological polar surface area (TPSA) is 0 Å². The van der Waals surface area contributed by atoms with E-state index in [0.717, 1.165) is 0 Å². The van der Waals surface area contributed by atoms with Crippen LogP contribution in [0, 0.1) is 0 Å². The van der Waals surface area contributed by atoms with Crippen LogP contribution in [0.4, 0.5) is 0 Å². The van der Waals surface area contributed by atoms with Crippen LogP contribution in [0.3, 0.4) is 0 Å². The first kappa shape index (κ1) is 9.48. The van der Waals surface area contributed by atoms with Crippen LogP contribution in [0.15, 0.2) is 30.3 Å². The van der Waals surface area contributed by atoms with Gasteiger partial charge in [-0.25, -0.2) is 0 Å². The van der Waals surface area contributed by atoms with E-state index in [2.05, 4.69) is 37.6 Å². The number of benzene rings is 1. The van der Waals surface area contributed by atoms with Gasteiger partial charge in [0.05, 0.1) is 0 Å². The van der Waals surface area contributed by atoms with E-state index in [-0.39, 0.29) is 0 Å². The van der Waals surface area contributed by atoms with E-state index in [1.807, 2.05) is 6.07 Å². The van der Waals surface area contributed by atoms with E-state index in [4.69, 9.17) is 11.8 Å². The molecule has 11 heavy (non-hydrogen) atoms. The Morgan fingerprint density at radius 1 is 1.18 bits per heavy atom. The summed E-state index contributed by atoms with van der Waals surface area (Å²) in [6.07, 6.45) is 0. The minimum absolute atomic E-state index is 0.531. The molecule has 60 valence electrons. The van der Waals surface area contributed by atoms with Crippen LogP contribution in [0.5, 0.6) is 0 Å². The second kappa shape index (κ2) is 3.87. The van der Waals surface area contributed by atoms with Gasteiger partial charge >= 0.3 is 79.2 Å². The van der Waals surface area contributed by atoms with Crippen LogP contribution in [0.2, 0.25) is 0 Å². The molecule has 1 aromatic rings. The van der Waals surface area contributed by atoms with E-state index in [1.165, 1.54) is 4.46 Å². The van der Waals surface area contributed by atoms with Crippen molar-refractivity contribution >= 4 is 35.5 Å². The predicted octanol–water partition coefficient (Wildman–Crippen LogP) is 1.67. The van der Waals surface area contributed by atoms with Crippen molar-refractivity contribution in [3.05, 3.63) is 30.3 Å². The molecule has 0 aromatic heterocycles. The Labute approximate surface area is 79.2 Å². The van der Waals surface area contributed by atoms with Crippen LogP contribution in [-0.2, 0) is 11.8 Å². The first-order valence-electron chi connectivity index (χ1n) is 3.37. The van der Waals surface area contributed by atoms with E-state index in [9.17, 15) is 0 Å². The predicted molar refractivity (Wildman–Crippen MR) is 58.0 cm³/mol. The molecule has 0 amide bonds. The molecular formula is C8H11PSSe. The molecule has 0 atom stereocenters. The Morgan fingerprint density at radius 3 is 2.18 bits per heavy atom. The molecule has 0 spiro atoms. The van der Waals surface area contributed by atoms with Crippen molar-refractivity contribution < 1.29 is 0 Å². The molecule has 0 saturated carbocycles. The molecule has 0 fully saturated rings. The Morgan fingerprint density at radius 2 is 1.73 bits per heavy atom. The molecule has 0 radical (unpaired) electrons. The summed E-state index contributed by atoms with van der Waals surface area (Å²) in [7, 11) is 0. The fraction of sp³-hybridized carbons (Fsp3) is 0.250. The molecule has 0 unspecified atom stereocenters. The van der Waals surface area contributed by atoms with Crippen LogP contribution in [-0.4, -0.2) is 27.8 Å². The molecule has 0 bridgehead atoms. The van der Waals surface area contributed by atoms with Gasteiger partial charge in [0.1, 0.15) is 0 Å². The second-order valence-corrected chi connectivity index (χ2v) is 17.5. The van der Waals surface area contributed by atoms with Gasteiger partial charge in [-0.2, -0.15) is 0 Å². The standard InChI is InChI=1S/C8H11PSSe/c1-9(2,10)11-8-6-4-3-5-7-8/h3-7H,1-2H3. The summed E-state index contributed by atoms with van der Waals surface area (Å²) >= 11 is 5.94. The maximum atomic E-state index is 5.41. The first-order valence-corrected chi connectivity index (χ1v) is 10.1. The van der Waals surface area contributed by atoms with Crippen molar-refractivity contribution in [3.8, 4) is 0 Å². The molecule has 1 rings (SSSR count). The van der Waals surface area contributed by atoms with E-state index in [1.54, 1.807) is 0 Å². The van der Waals surface area contributed by atoms with Crippen LogP contribution >= 0.6 is 4.73 Å². The monoisotopic (exact) mass is 250 g/mol. The van der Waals surface area contributed by atoms with Gasteiger partial charge in [-0.1, -0.05) is 0 Å². The van der Waals surface area contributed by atoms with Crippen LogP contribution in [0.1, 0.15) is 0 Å². The third-order valence-electron chi connectivity index (χ3n) is 1.07. The molecule has 0 heterocycles. The van der Waals surface area contributed by atoms with Gasteiger partial charge in [0.15, 0.2) is 0 Å². The molecule has 0 saturated heterocycles. The average molecular weight is 249 g/mol. The normalized spacial score (nSPS) is 11.5. The average Bonchev–Trinajstić information content (AvgIpc) is 1.85. The second-order valence-electron chi connectivity index (χ2n) is 2.66. The SMILES string of the molecule is CP(C)(=S)[Se]c1ccccc1. The van der Waals surface area contributed by atoms with Gasteiger partial charge in [-0.05, 0) is 0 Å². The zero-order valence-corrected chi connectivity index (χ0v) is 10.1. The fourth-order valence-electron chi connectivity index (χ4n) is 0.735. The summed E-state index contributed by atoms with van der Waals surface area (Å²) in [5.41, 5.74) is 0. The number of hydrogen-bond acceptors (Lipinski definition) is 1. The van der Waals surface area contributed by atoms with Crippen molar-refractivity contribution in [2.24, 2.45) is 0 Å². The summed E-state index contributed by atoms with van der Waals surface area (Å²) in [5.74, 6) is 0. The summed E-state index contributed by atoms with van der Waals surface area (Å²) < 4.78 is 0.446. The summed E-state index contributed by atoms with van der Waals surface area (Å²) in [6.45, 7) is 4.44. The summed E-state index contributed by atoms with van der Waals surface area (Å²) in [6, 6.07) is 10.6. The Kier molecular flexibility index (Phi) is 3.33. The summed E-state index contributed by atoms with van der Waals surface area (Å²) in [4.78, 5) is 0. The number of rotatable bonds is 2. The van der Waals surface area contributed by atoms with E-state index >= 15 is 0 Å². The molecule has 0 N–H and O–H groups in total. The van der Waals surface area contributed by atoms with E-state index < -0.39 is 4.73 Å². The molecule has 0 aliphatic rings. The van der Waals surface area contributed by atoms with Crippen LogP contribution < -0.4 is 4.46 Å². The molecule has 0 aliphatic carbocycles. The van der Waals surface area contributed by atoms with Crippen molar-refractivity contribution in [1.29, 1.82) is 0 Å². The van der Waals surface area contributed by atoms with Crippen molar-refractivity contribution in [1.82, 2.24) is 0 Å². The van der Waals surface area contributed by atoms with E-state index in [0.29, 0.717) is 14.5 Å². The number of hydrogen-bond donors (Lipinski definition) is 0. The Balaban J connectivity index is 2.74. The quantitative estimate of drug-likeness (QED) is 0.567. The zero-order chi connectivity index (χ0) is 8.32. The molecular weight excluding hydrogens is 238 g/mol. The van der Waals surface area contributed by atoms with Gasteiger partial charge in [0.25, 0.3) is 0 Å². The first-order chi connectivity index (χ1) is 5.08. The van der Waals surface area contributed by atoms with Crippen molar-refractivity contribution in [2.75, 3.05) is 13.3 Å². The Hall–Kier alpha value is 0.389. The van der Waals surface area contributed by atoms with Gasteiger partial charge in [0.2, 0.25) is 0 Å².